The first-order chi connectivity index (χ1) is 6.62. The average Bonchev–Trinajstić information content (AvgIpc) is 2.19. The molecule has 0 aliphatic rings. The first kappa shape index (κ1) is 15.7. The summed E-state index contributed by atoms with van der Waals surface area (Å²) in [6.45, 7) is 3.39. The minimum absolute atomic E-state index is 0.00727. The van der Waals surface area contributed by atoms with E-state index in [0.29, 0.717) is 19.3 Å². The van der Waals surface area contributed by atoms with Crippen molar-refractivity contribution in [2.45, 2.75) is 39.5 Å². The Kier molecular flexibility index (Phi) is 13.8. The minimum Gasteiger partial charge on any atom is -0.396 e. The number of hydrogen-bond acceptors (Lipinski definition) is 4. The Hall–Kier alpha value is -0.740. The molecular formula is C10H20O4. The number of Topliss-reactive ketones (excluding diaryl/α,β-unsaturated/α-hetero) is 2. The molecule has 0 aromatic carbocycles. The van der Waals surface area contributed by atoms with E-state index in [4.69, 9.17) is 10.2 Å². The van der Waals surface area contributed by atoms with Crippen LogP contribution in [0.5, 0.6) is 0 Å². The van der Waals surface area contributed by atoms with E-state index < -0.39 is 0 Å². The van der Waals surface area contributed by atoms with Crippen LogP contribution in [0.15, 0.2) is 0 Å². The SMILES string of the molecule is CCC(=O)CCO.CCCC(=O)CO. The van der Waals surface area contributed by atoms with E-state index in [9.17, 15) is 9.59 Å². The lowest BCUT2D eigenvalue weighted by atomic mass is 10.2. The summed E-state index contributed by atoms with van der Waals surface area (Å²) in [6, 6.07) is 0. The topological polar surface area (TPSA) is 74.6 Å². The van der Waals surface area contributed by atoms with Gasteiger partial charge in [-0.2, -0.15) is 0 Å². The highest BCUT2D eigenvalue weighted by Crippen LogP contribution is 1.85. The number of aliphatic hydroxyl groups excluding tert-OH is 2. The van der Waals surface area contributed by atoms with Crippen LogP contribution in [-0.4, -0.2) is 35.0 Å². The molecule has 0 bridgehead atoms. The van der Waals surface area contributed by atoms with E-state index in [1.54, 1.807) is 6.92 Å². The second-order valence-electron chi connectivity index (χ2n) is 2.81. The Morgan fingerprint density at radius 2 is 1.57 bits per heavy atom. The molecule has 0 amide bonds. The van der Waals surface area contributed by atoms with Crippen molar-refractivity contribution < 1.29 is 19.8 Å². The van der Waals surface area contributed by atoms with Crippen LogP contribution in [0.4, 0.5) is 0 Å². The maximum Gasteiger partial charge on any atom is 0.158 e. The third-order valence-corrected chi connectivity index (χ3v) is 1.49. The normalized spacial score (nSPS) is 8.86. The van der Waals surface area contributed by atoms with E-state index in [0.717, 1.165) is 6.42 Å². The Morgan fingerprint density at radius 3 is 1.71 bits per heavy atom. The molecule has 0 atom stereocenters. The molecule has 0 saturated heterocycles. The second-order valence-corrected chi connectivity index (χ2v) is 2.81. The molecule has 0 fully saturated rings. The molecule has 0 saturated carbocycles. The molecule has 0 heterocycles. The zero-order valence-electron chi connectivity index (χ0n) is 8.95. The van der Waals surface area contributed by atoms with Crippen LogP contribution < -0.4 is 0 Å². The van der Waals surface area contributed by atoms with Gasteiger partial charge in [0.2, 0.25) is 0 Å². The van der Waals surface area contributed by atoms with Crippen molar-refractivity contribution >= 4 is 11.6 Å². The van der Waals surface area contributed by atoms with Gasteiger partial charge in [-0.05, 0) is 6.42 Å². The quantitative estimate of drug-likeness (QED) is 0.667. The molecule has 2 N–H and O–H groups in total. The monoisotopic (exact) mass is 204 g/mol. The number of carbonyl (C=O) groups excluding carboxylic acids is 2. The molecule has 0 aliphatic heterocycles. The first-order valence-corrected chi connectivity index (χ1v) is 4.87. The van der Waals surface area contributed by atoms with Gasteiger partial charge >= 0.3 is 0 Å². The highest BCUT2D eigenvalue weighted by Gasteiger charge is 1.93. The summed E-state index contributed by atoms with van der Waals surface area (Å²) in [5.41, 5.74) is 0. The zero-order valence-corrected chi connectivity index (χ0v) is 8.95. The Balaban J connectivity index is 0. The summed E-state index contributed by atoms with van der Waals surface area (Å²) in [5.74, 6) is 0.0602. The predicted molar refractivity (Wildman–Crippen MR) is 54.0 cm³/mol. The molecule has 84 valence electrons. The van der Waals surface area contributed by atoms with Gasteiger partial charge in [0.1, 0.15) is 12.4 Å². The summed E-state index contributed by atoms with van der Waals surface area (Å²) in [4.78, 5) is 20.4. The third-order valence-electron chi connectivity index (χ3n) is 1.49. The number of aliphatic hydroxyl groups is 2. The van der Waals surface area contributed by atoms with Gasteiger partial charge in [-0.3, -0.25) is 9.59 Å². The van der Waals surface area contributed by atoms with E-state index in [2.05, 4.69) is 0 Å². The fourth-order valence-electron chi connectivity index (χ4n) is 0.659. The molecule has 0 spiro atoms. The van der Waals surface area contributed by atoms with Crippen molar-refractivity contribution in [1.29, 1.82) is 0 Å². The summed E-state index contributed by atoms with van der Waals surface area (Å²) >= 11 is 0. The van der Waals surface area contributed by atoms with E-state index >= 15 is 0 Å². The Bertz CT molecular complexity index is 136. The van der Waals surface area contributed by atoms with Gasteiger partial charge in [0.15, 0.2) is 5.78 Å². The first-order valence-electron chi connectivity index (χ1n) is 4.87. The van der Waals surface area contributed by atoms with Crippen molar-refractivity contribution in [3.05, 3.63) is 0 Å². The fourth-order valence-corrected chi connectivity index (χ4v) is 0.659. The molecule has 0 unspecified atom stereocenters. The molecule has 0 radical (unpaired) electrons. The van der Waals surface area contributed by atoms with Gasteiger partial charge in [-0.1, -0.05) is 13.8 Å². The van der Waals surface area contributed by atoms with Gasteiger partial charge in [0.25, 0.3) is 0 Å². The van der Waals surface area contributed by atoms with Crippen molar-refractivity contribution in [3.63, 3.8) is 0 Å². The van der Waals surface area contributed by atoms with Crippen molar-refractivity contribution in [1.82, 2.24) is 0 Å². The van der Waals surface area contributed by atoms with Crippen LogP contribution in [0.1, 0.15) is 39.5 Å². The lowest BCUT2D eigenvalue weighted by molar-refractivity contribution is -0.122. The summed E-state index contributed by atoms with van der Waals surface area (Å²) in [7, 11) is 0. The smallest absolute Gasteiger partial charge is 0.158 e. The van der Waals surface area contributed by atoms with Crippen molar-refractivity contribution in [2.24, 2.45) is 0 Å². The zero-order chi connectivity index (χ0) is 11.4. The van der Waals surface area contributed by atoms with Crippen molar-refractivity contribution in [2.75, 3.05) is 13.2 Å². The van der Waals surface area contributed by atoms with Gasteiger partial charge in [-0.25, -0.2) is 0 Å². The van der Waals surface area contributed by atoms with Gasteiger partial charge in [-0.15, -0.1) is 0 Å². The molecule has 4 heteroatoms. The number of rotatable bonds is 6. The van der Waals surface area contributed by atoms with Crippen LogP contribution >= 0.6 is 0 Å². The average molecular weight is 204 g/mol. The molecule has 4 nitrogen and oxygen atoms in total. The van der Waals surface area contributed by atoms with Crippen molar-refractivity contribution in [3.8, 4) is 0 Å². The minimum atomic E-state index is -0.298. The predicted octanol–water partition coefficient (Wildman–Crippen LogP) is 0.696. The van der Waals surface area contributed by atoms with E-state index in [1.165, 1.54) is 0 Å². The van der Waals surface area contributed by atoms with Gasteiger partial charge in [0.05, 0.1) is 0 Å². The third kappa shape index (κ3) is 13.8. The largest absolute Gasteiger partial charge is 0.396 e. The standard InChI is InChI=1S/2C5H10O2/c1-2-5(7)3-4-6;1-2-3-5(7)4-6/h2*6H,2-4H2,1H3. The lowest BCUT2D eigenvalue weighted by Gasteiger charge is -1.86. The van der Waals surface area contributed by atoms with Crippen LogP contribution in [-0.2, 0) is 9.59 Å². The fraction of sp³-hybridized carbons (Fsp3) is 0.800. The number of carbonyl (C=O) groups is 2. The molecule has 0 aliphatic carbocycles. The number of hydrogen-bond donors (Lipinski definition) is 2. The lowest BCUT2D eigenvalue weighted by Crippen LogP contribution is -2.01. The molecule has 14 heavy (non-hydrogen) atoms. The molecule has 0 aromatic heterocycles. The van der Waals surface area contributed by atoms with Crippen LogP contribution in [0, 0.1) is 0 Å². The second kappa shape index (κ2) is 12.3. The molecular weight excluding hydrogens is 184 g/mol. The molecule has 0 rings (SSSR count). The maximum atomic E-state index is 10.3. The van der Waals surface area contributed by atoms with E-state index in [-0.39, 0.29) is 24.8 Å². The van der Waals surface area contributed by atoms with Gasteiger partial charge < -0.3 is 10.2 Å². The Morgan fingerprint density at radius 1 is 1.00 bits per heavy atom. The Labute approximate surface area is 84.9 Å². The number of ketones is 2. The summed E-state index contributed by atoms with van der Waals surface area (Å²) < 4.78 is 0. The highest BCUT2D eigenvalue weighted by atomic mass is 16.3. The highest BCUT2D eigenvalue weighted by molar-refractivity contribution is 5.79. The summed E-state index contributed by atoms with van der Waals surface area (Å²) in [6.07, 6.45) is 2.20. The summed E-state index contributed by atoms with van der Waals surface area (Å²) in [5, 5.41) is 16.3. The van der Waals surface area contributed by atoms with Crippen LogP contribution in [0.2, 0.25) is 0 Å². The van der Waals surface area contributed by atoms with E-state index in [1.807, 2.05) is 6.92 Å². The van der Waals surface area contributed by atoms with Gasteiger partial charge in [0, 0.05) is 25.9 Å². The van der Waals surface area contributed by atoms with Crippen LogP contribution in [0.25, 0.3) is 0 Å². The van der Waals surface area contributed by atoms with Crippen LogP contribution in [0.3, 0.4) is 0 Å². The molecule has 0 aromatic rings. The maximum absolute atomic E-state index is 10.3.